The van der Waals surface area contributed by atoms with Crippen molar-refractivity contribution in [1.82, 2.24) is 10.2 Å². The molecule has 0 spiro atoms. The monoisotopic (exact) mass is 382 g/mol. The van der Waals surface area contributed by atoms with E-state index in [-0.39, 0.29) is 29.4 Å². The molecule has 0 unspecified atom stereocenters. The topological polar surface area (TPSA) is 66.5 Å². The third-order valence-corrected chi connectivity index (χ3v) is 7.26. The fourth-order valence-corrected chi connectivity index (χ4v) is 5.69. The van der Waals surface area contributed by atoms with Gasteiger partial charge in [-0.3, -0.25) is 9.69 Å². The lowest BCUT2D eigenvalue weighted by Crippen LogP contribution is -2.45. The molecular formula is C19H27FN2O3S. The van der Waals surface area contributed by atoms with Crippen molar-refractivity contribution in [3.63, 3.8) is 0 Å². The minimum atomic E-state index is -2.86. The number of benzene rings is 1. The molecule has 0 aromatic heterocycles. The van der Waals surface area contributed by atoms with Gasteiger partial charge in [0.2, 0.25) is 5.91 Å². The Kier molecular flexibility index (Phi) is 6.29. The molecular weight excluding hydrogens is 355 g/mol. The van der Waals surface area contributed by atoms with Crippen LogP contribution in [0.15, 0.2) is 24.3 Å². The smallest absolute Gasteiger partial charge is 0.223 e. The molecule has 1 atom stereocenters. The number of rotatable bonds is 6. The zero-order valence-corrected chi connectivity index (χ0v) is 15.8. The molecule has 3 rings (SSSR count). The predicted octanol–water partition coefficient (Wildman–Crippen LogP) is 1.77. The van der Waals surface area contributed by atoms with Gasteiger partial charge in [0.1, 0.15) is 5.82 Å². The van der Waals surface area contributed by atoms with Gasteiger partial charge in [-0.25, -0.2) is 12.8 Å². The van der Waals surface area contributed by atoms with Crippen LogP contribution >= 0.6 is 0 Å². The minimum absolute atomic E-state index is 0.00211. The van der Waals surface area contributed by atoms with Crippen LogP contribution in [0.25, 0.3) is 0 Å². The summed E-state index contributed by atoms with van der Waals surface area (Å²) in [5, 5.41) is 2.96. The van der Waals surface area contributed by atoms with Crippen LogP contribution in [0.3, 0.4) is 0 Å². The van der Waals surface area contributed by atoms with Gasteiger partial charge in [0.05, 0.1) is 11.5 Å². The Bertz CT molecular complexity index is 730. The van der Waals surface area contributed by atoms with Gasteiger partial charge in [-0.2, -0.15) is 0 Å². The van der Waals surface area contributed by atoms with Crippen molar-refractivity contribution in [3.8, 4) is 0 Å². The Balaban J connectivity index is 1.35. The summed E-state index contributed by atoms with van der Waals surface area (Å²) in [4.78, 5) is 14.5. The first kappa shape index (κ1) is 19.3. The van der Waals surface area contributed by atoms with E-state index < -0.39 is 9.84 Å². The first-order valence-corrected chi connectivity index (χ1v) is 11.2. The van der Waals surface area contributed by atoms with E-state index in [1.54, 1.807) is 12.1 Å². The number of halogens is 1. The second kappa shape index (κ2) is 8.48. The standard InChI is InChI=1S/C19H27FN2O3S/c20-18-6-2-1-4-15(18)5-3-10-21-19(23)16-7-11-22(12-8-16)17-9-13-26(24,25)14-17/h1-2,4,6,16-17H,3,5,7-14H2,(H,21,23)/t17-/m1/s1. The largest absolute Gasteiger partial charge is 0.356 e. The van der Waals surface area contributed by atoms with Crippen LogP contribution in [0.2, 0.25) is 0 Å². The third kappa shape index (κ3) is 5.04. The van der Waals surface area contributed by atoms with Crippen LogP contribution in [0.4, 0.5) is 4.39 Å². The van der Waals surface area contributed by atoms with E-state index in [1.165, 1.54) is 6.07 Å². The lowest BCUT2D eigenvalue weighted by molar-refractivity contribution is -0.126. The number of hydrogen-bond donors (Lipinski definition) is 1. The van der Waals surface area contributed by atoms with Gasteiger partial charge in [-0.1, -0.05) is 18.2 Å². The maximum Gasteiger partial charge on any atom is 0.223 e. The van der Waals surface area contributed by atoms with Crippen LogP contribution < -0.4 is 5.32 Å². The molecule has 0 saturated carbocycles. The van der Waals surface area contributed by atoms with E-state index in [4.69, 9.17) is 0 Å². The molecule has 2 saturated heterocycles. The van der Waals surface area contributed by atoms with Gasteiger partial charge in [-0.05, 0) is 56.8 Å². The predicted molar refractivity (Wildman–Crippen MR) is 99.1 cm³/mol. The quantitative estimate of drug-likeness (QED) is 0.762. The fourth-order valence-electron chi connectivity index (χ4n) is 3.93. The highest BCUT2D eigenvalue weighted by Gasteiger charge is 2.35. The van der Waals surface area contributed by atoms with Crippen molar-refractivity contribution in [2.75, 3.05) is 31.1 Å². The third-order valence-electron chi connectivity index (χ3n) is 5.51. The summed E-state index contributed by atoms with van der Waals surface area (Å²) in [5.74, 6) is 0.426. The molecule has 2 heterocycles. The molecule has 1 amide bonds. The molecule has 0 aliphatic carbocycles. The number of nitrogens with zero attached hydrogens (tertiary/aromatic N) is 1. The van der Waals surface area contributed by atoms with Crippen LogP contribution in [0.5, 0.6) is 0 Å². The number of amides is 1. The Labute approximate surface area is 154 Å². The lowest BCUT2D eigenvalue weighted by Gasteiger charge is -2.34. The number of hydrogen-bond acceptors (Lipinski definition) is 4. The van der Waals surface area contributed by atoms with E-state index in [2.05, 4.69) is 10.2 Å². The molecule has 26 heavy (non-hydrogen) atoms. The number of carbonyl (C=O) groups is 1. The van der Waals surface area contributed by atoms with E-state index in [1.807, 2.05) is 6.07 Å². The number of likely N-dealkylation sites (tertiary alicyclic amines) is 1. The molecule has 5 nitrogen and oxygen atoms in total. The Morgan fingerprint density at radius 3 is 2.58 bits per heavy atom. The molecule has 144 valence electrons. The normalized spacial score (nSPS) is 23.8. The first-order valence-electron chi connectivity index (χ1n) is 9.40. The number of aryl methyl sites for hydroxylation is 1. The van der Waals surface area contributed by atoms with Crippen molar-refractivity contribution in [3.05, 3.63) is 35.6 Å². The number of nitrogens with one attached hydrogen (secondary N) is 1. The number of sulfone groups is 1. The van der Waals surface area contributed by atoms with Gasteiger partial charge in [0, 0.05) is 18.5 Å². The van der Waals surface area contributed by atoms with E-state index >= 15 is 0 Å². The maximum atomic E-state index is 13.5. The summed E-state index contributed by atoms with van der Waals surface area (Å²) in [5.41, 5.74) is 0.682. The number of carbonyl (C=O) groups excluding carboxylic acids is 1. The Morgan fingerprint density at radius 1 is 1.19 bits per heavy atom. The summed E-state index contributed by atoms with van der Waals surface area (Å²) >= 11 is 0. The second-order valence-electron chi connectivity index (χ2n) is 7.35. The molecule has 0 radical (unpaired) electrons. The van der Waals surface area contributed by atoms with Crippen LogP contribution in [-0.2, 0) is 21.1 Å². The zero-order valence-electron chi connectivity index (χ0n) is 15.0. The molecule has 2 aliphatic heterocycles. The lowest BCUT2D eigenvalue weighted by atomic mass is 9.94. The summed E-state index contributed by atoms with van der Waals surface area (Å²) in [6, 6.07) is 6.85. The Hall–Kier alpha value is -1.47. The molecule has 1 aromatic rings. The van der Waals surface area contributed by atoms with Crippen LogP contribution in [-0.4, -0.2) is 56.4 Å². The number of piperidine rings is 1. The Morgan fingerprint density at radius 2 is 1.92 bits per heavy atom. The highest BCUT2D eigenvalue weighted by Crippen LogP contribution is 2.24. The summed E-state index contributed by atoms with van der Waals surface area (Å²) < 4.78 is 36.8. The van der Waals surface area contributed by atoms with Gasteiger partial charge in [-0.15, -0.1) is 0 Å². The van der Waals surface area contributed by atoms with Crippen LogP contribution in [0, 0.1) is 11.7 Å². The molecule has 2 aliphatic rings. The zero-order chi connectivity index (χ0) is 18.6. The average Bonchev–Trinajstić information content (AvgIpc) is 3.00. The molecule has 2 fully saturated rings. The highest BCUT2D eigenvalue weighted by atomic mass is 32.2. The molecule has 1 aromatic carbocycles. The summed E-state index contributed by atoms with van der Waals surface area (Å²) in [6.45, 7) is 2.12. The molecule has 0 bridgehead atoms. The van der Waals surface area contributed by atoms with Crippen molar-refractivity contribution < 1.29 is 17.6 Å². The molecule has 1 N–H and O–H groups in total. The van der Waals surface area contributed by atoms with E-state index in [9.17, 15) is 17.6 Å². The maximum absolute atomic E-state index is 13.5. The van der Waals surface area contributed by atoms with Gasteiger partial charge in [0.25, 0.3) is 0 Å². The average molecular weight is 383 g/mol. The van der Waals surface area contributed by atoms with Crippen molar-refractivity contribution >= 4 is 15.7 Å². The van der Waals surface area contributed by atoms with Crippen molar-refractivity contribution in [2.45, 2.75) is 38.1 Å². The van der Waals surface area contributed by atoms with Crippen LogP contribution in [0.1, 0.15) is 31.2 Å². The van der Waals surface area contributed by atoms with Gasteiger partial charge < -0.3 is 5.32 Å². The van der Waals surface area contributed by atoms with Crippen molar-refractivity contribution in [2.24, 2.45) is 5.92 Å². The minimum Gasteiger partial charge on any atom is -0.356 e. The summed E-state index contributed by atoms with van der Waals surface area (Å²) in [6.07, 6.45) is 3.59. The van der Waals surface area contributed by atoms with E-state index in [0.29, 0.717) is 30.7 Å². The second-order valence-corrected chi connectivity index (χ2v) is 9.58. The van der Waals surface area contributed by atoms with Gasteiger partial charge >= 0.3 is 0 Å². The van der Waals surface area contributed by atoms with E-state index in [0.717, 1.165) is 32.4 Å². The summed E-state index contributed by atoms with van der Waals surface area (Å²) in [7, 11) is -2.86. The van der Waals surface area contributed by atoms with Gasteiger partial charge in [0.15, 0.2) is 9.84 Å². The molecule has 7 heteroatoms. The SMILES string of the molecule is O=C(NCCCc1ccccc1F)C1CCN([C@@H]2CCS(=O)(=O)C2)CC1. The van der Waals surface area contributed by atoms with Crippen molar-refractivity contribution in [1.29, 1.82) is 0 Å². The first-order chi connectivity index (χ1) is 12.4. The fraction of sp³-hybridized carbons (Fsp3) is 0.632. The highest BCUT2D eigenvalue weighted by molar-refractivity contribution is 7.91.